The van der Waals surface area contributed by atoms with Crippen molar-refractivity contribution in [1.82, 2.24) is 9.88 Å². The maximum absolute atomic E-state index is 12.1. The molecule has 1 aliphatic heterocycles. The minimum absolute atomic E-state index is 0.256. The molecule has 0 unspecified atom stereocenters. The monoisotopic (exact) mass is 268 g/mol. The van der Waals surface area contributed by atoms with Crippen LogP contribution in [0.1, 0.15) is 39.0 Å². The zero-order chi connectivity index (χ0) is 13.9. The minimum atomic E-state index is -0.492. The first-order valence-corrected chi connectivity index (χ1v) is 6.43. The van der Waals surface area contributed by atoms with Crippen LogP contribution in [-0.4, -0.2) is 41.3 Å². The molecule has 0 N–H and O–H groups in total. The van der Waals surface area contributed by atoms with Gasteiger partial charge in [-0.1, -0.05) is 0 Å². The second-order valence-electron chi connectivity index (χ2n) is 5.55. The van der Waals surface area contributed by atoms with Gasteiger partial charge >= 0.3 is 6.09 Å². The molecule has 1 aliphatic rings. The van der Waals surface area contributed by atoms with Crippen molar-refractivity contribution in [1.29, 1.82) is 0 Å². The molecular formula is C13H20N2O4. The molecule has 1 amide bonds. The van der Waals surface area contributed by atoms with Crippen molar-refractivity contribution < 1.29 is 18.7 Å². The Kier molecular flexibility index (Phi) is 4.09. The maximum Gasteiger partial charge on any atom is 0.410 e. The highest BCUT2D eigenvalue weighted by molar-refractivity contribution is 5.68. The molecule has 1 aromatic heterocycles. The highest BCUT2D eigenvalue weighted by atomic mass is 16.6. The van der Waals surface area contributed by atoms with E-state index in [9.17, 15) is 4.79 Å². The maximum atomic E-state index is 12.1. The van der Waals surface area contributed by atoms with Gasteiger partial charge in [0.05, 0.1) is 6.54 Å². The molecule has 0 spiro atoms. The molecule has 0 bridgehead atoms. The van der Waals surface area contributed by atoms with E-state index >= 15 is 0 Å². The van der Waals surface area contributed by atoms with Gasteiger partial charge in [-0.05, 0) is 27.2 Å². The third kappa shape index (κ3) is 3.96. The molecule has 0 saturated carbocycles. The lowest BCUT2D eigenvalue weighted by atomic mass is 10.2. The van der Waals surface area contributed by atoms with Crippen LogP contribution in [0.2, 0.25) is 0 Å². The van der Waals surface area contributed by atoms with Crippen molar-refractivity contribution in [2.45, 2.75) is 38.9 Å². The largest absolute Gasteiger partial charge is 0.451 e. The molecule has 1 fully saturated rings. The third-order valence-corrected chi connectivity index (χ3v) is 2.71. The second-order valence-corrected chi connectivity index (χ2v) is 5.55. The Morgan fingerprint density at radius 1 is 1.53 bits per heavy atom. The number of ether oxygens (including phenoxy) is 2. The molecule has 2 heterocycles. The van der Waals surface area contributed by atoms with E-state index in [1.807, 2.05) is 20.8 Å². The van der Waals surface area contributed by atoms with Crippen LogP contribution in [0.3, 0.4) is 0 Å². The number of rotatable bonds is 1. The van der Waals surface area contributed by atoms with Crippen LogP contribution in [0.15, 0.2) is 17.1 Å². The molecule has 1 atom stereocenters. The number of hydrogen-bond acceptors (Lipinski definition) is 5. The summed E-state index contributed by atoms with van der Waals surface area (Å²) in [4.78, 5) is 17.8. The Bertz CT molecular complexity index is 411. The summed E-state index contributed by atoms with van der Waals surface area (Å²) in [7, 11) is 0. The average Bonchev–Trinajstić information content (AvgIpc) is 2.71. The summed E-state index contributed by atoms with van der Waals surface area (Å²) in [6, 6.07) is 0. The van der Waals surface area contributed by atoms with Gasteiger partial charge in [0.25, 0.3) is 0 Å². The summed E-state index contributed by atoms with van der Waals surface area (Å²) in [5.74, 6) is 0. The van der Waals surface area contributed by atoms with E-state index in [4.69, 9.17) is 13.9 Å². The fourth-order valence-electron chi connectivity index (χ4n) is 1.88. The lowest BCUT2D eigenvalue weighted by molar-refractivity contribution is 0.0132. The highest BCUT2D eigenvalue weighted by Gasteiger charge is 2.28. The van der Waals surface area contributed by atoms with E-state index in [1.54, 1.807) is 11.2 Å². The van der Waals surface area contributed by atoms with E-state index < -0.39 is 5.60 Å². The van der Waals surface area contributed by atoms with E-state index in [0.717, 1.165) is 6.42 Å². The summed E-state index contributed by atoms with van der Waals surface area (Å²) < 4.78 is 16.0. The van der Waals surface area contributed by atoms with Crippen LogP contribution in [0.5, 0.6) is 0 Å². The number of amides is 1. The summed E-state index contributed by atoms with van der Waals surface area (Å²) in [6.45, 7) is 7.22. The van der Waals surface area contributed by atoms with Crippen molar-refractivity contribution >= 4 is 6.09 Å². The van der Waals surface area contributed by atoms with E-state index in [0.29, 0.717) is 25.4 Å². The smallest absolute Gasteiger partial charge is 0.410 e. The molecule has 0 aliphatic carbocycles. The third-order valence-electron chi connectivity index (χ3n) is 2.71. The average molecular weight is 268 g/mol. The normalized spacial score (nSPS) is 21.0. The molecule has 6 nitrogen and oxygen atoms in total. The molecular weight excluding hydrogens is 248 g/mol. The van der Waals surface area contributed by atoms with Crippen molar-refractivity contribution in [2.75, 3.05) is 19.7 Å². The number of carbonyl (C=O) groups is 1. The second kappa shape index (κ2) is 5.61. The quantitative estimate of drug-likeness (QED) is 0.782. The predicted octanol–water partition coefficient (Wildman–Crippen LogP) is 2.37. The summed E-state index contributed by atoms with van der Waals surface area (Å²) in [5.41, 5.74) is 0.212. The van der Waals surface area contributed by atoms with Crippen LogP contribution >= 0.6 is 0 Å². The zero-order valence-electron chi connectivity index (χ0n) is 11.6. The molecule has 2 rings (SSSR count). The van der Waals surface area contributed by atoms with Crippen molar-refractivity contribution in [3.8, 4) is 0 Å². The van der Waals surface area contributed by atoms with Gasteiger partial charge in [0.2, 0.25) is 0 Å². The fourth-order valence-corrected chi connectivity index (χ4v) is 1.88. The van der Waals surface area contributed by atoms with Gasteiger partial charge in [-0.15, -0.1) is 0 Å². The highest BCUT2D eigenvalue weighted by Crippen LogP contribution is 2.21. The Morgan fingerprint density at radius 3 is 2.95 bits per heavy atom. The summed E-state index contributed by atoms with van der Waals surface area (Å²) >= 11 is 0. The standard InChI is InChI=1S/C13H20N2O4/c1-13(2,3)19-12(16)15-5-4-6-18-11(7-15)10-8-17-9-14-10/h8-9,11H,4-7H2,1-3H3/t11-/m1/s1. The van der Waals surface area contributed by atoms with Gasteiger partial charge in [-0.2, -0.15) is 0 Å². The van der Waals surface area contributed by atoms with Crippen LogP contribution in [0.25, 0.3) is 0 Å². The Morgan fingerprint density at radius 2 is 2.32 bits per heavy atom. The van der Waals surface area contributed by atoms with Crippen LogP contribution in [-0.2, 0) is 9.47 Å². The molecule has 1 aromatic rings. The molecule has 19 heavy (non-hydrogen) atoms. The Balaban J connectivity index is 2.02. The van der Waals surface area contributed by atoms with Gasteiger partial charge in [0.15, 0.2) is 6.39 Å². The number of carbonyl (C=O) groups excluding carboxylic acids is 1. The van der Waals surface area contributed by atoms with Crippen LogP contribution < -0.4 is 0 Å². The summed E-state index contributed by atoms with van der Waals surface area (Å²) in [5, 5.41) is 0. The summed E-state index contributed by atoms with van der Waals surface area (Å²) in [6.07, 6.45) is 3.12. The molecule has 0 aromatic carbocycles. The Labute approximate surface area is 112 Å². The first-order chi connectivity index (χ1) is 8.96. The Hall–Kier alpha value is -1.56. The van der Waals surface area contributed by atoms with Gasteiger partial charge in [-0.25, -0.2) is 9.78 Å². The molecule has 6 heteroatoms. The number of aromatic nitrogens is 1. The van der Waals surface area contributed by atoms with E-state index in [2.05, 4.69) is 4.98 Å². The molecule has 0 radical (unpaired) electrons. The van der Waals surface area contributed by atoms with Gasteiger partial charge in [-0.3, -0.25) is 0 Å². The lowest BCUT2D eigenvalue weighted by Gasteiger charge is -2.27. The van der Waals surface area contributed by atoms with Gasteiger partial charge in [0.1, 0.15) is 23.7 Å². The van der Waals surface area contributed by atoms with Crippen LogP contribution in [0, 0.1) is 0 Å². The van der Waals surface area contributed by atoms with Crippen LogP contribution in [0.4, 0.5) is 4.79 Å². The van der Waals surface area contributed by atoms with Crippen molar-refractivity contribution in [3.05, 3.63) is 18.4 Å². The SMILES string of the molecule is CC(C)(C)OC(=O)N1CCCO[C@@H](c2cocn2)C1. The number of hydrogen-bond donors (Lipinski definition) is 0. The minimum Gasteiger partial charge on any atom is -0.451 e. The van der Waals surface area contributed by atoms with E-state index in [-0.39, 0.29) is 12.2 Å². The number of oxazole rings is 1. The van der Waals surface area contributed by atoms with Gasteiger partial charge < -0.3 is 18.8 Å². The first-order valence-electron chi connectivity index (χ1n) is 6.43. The van der Waals surface area contributed by atoms with E-state index in [1.165, 1.54) is 6.39 Å². The van der Waals surface area contributed by atoms with Gasteiger partial charge in [0, 0.05) is 13.2 Å². The first kappa shape index (κ1) is 13.9. The zero-order valence-corrected chi connectivity index (χ0v) is 11.6. The topological polar surface area (TPSA) is 64.8 Å². The van der Waals surface area contributed by atoms with Crippen molar-refractivity contribution in [3.63, 3.8) is 0 Å². The lowest BCUT2D eigenvalue weighted by Crippen LogP contribution is -2.38. The molecule has 1 saturated heterocycles. The number of nitrogens with zero attached hydrogens (tertiary/aromatic N) is 2. The predicted molar refractivity (Wildman–Crippen MR) is 67.6 cm³/mol. The van der Waals surface area contributed by atoms with Crippen molar-refractivity contribution in [2.24, 2.45) is 0 Å². The fraction of sp³-hybridized carbons (Fsp3) is 0.692. The molecule has 106 valence electrons.